The van der Waals surface area contributed by atoms with Crippen molar-refractivity contribution < 1.29 is 42.1 Å². The summed E-state index contributed by atoms with van der Waals surface area (Å²) < 4.78 is 56.5. The second-order valence-electron chi connectivity index (χ2n) is 19.8. The molecule has 9 heteroatoms. The quantitative estimate of drug-likeness (QED) is 0.0580. The van der Waals surface area contributed by atoms with Crippen molar-refractivity contribution in [3.63, 3.8) is 0 Å². The summed E-state index contributed by atoms with van der Waals surface area (Å²) in [6, 6.07) is 0. The van der Waals surface area contributed by atoms with E-state index in [1.54, 1.807) is 39.8 Å². The van der Waals surface area contributed by atoms with E-state index in [0.29, 0.717) is 60.1 Å². The lowest BCUT2D eigenvalue weighted by Crippen LogP contribution is -2.37. The van der Waals surface area contributed by atoms with Crippen LogP contribution < -0.4 is 4.74 Å². The van der Waals surface area contributed by atoms with Gasteiger partial charge in [-0.05, 0) is 214 Å². The number of benzene rings is 1. The van der Waals surface area contributed by atoms with Gasteiger partial charge in [0.15, 0.2) is 11.6 Å². The van der Waals surface area contributed by atoms with E-state index in [-0.39, 0.29) is 28.3 Å². The van der Waals surface area contributed by atoms with Crippen LogP contribution in [-0.4, -0.2) is 59.7 Å². The van der Waals surface area contributed by atoms with Crippen LogP contribution in [0.25, 0.3) is 0 Å². The molecule has 0 saturated carbocycles. The van der Waals surface area contributed by atoms with Crippen LogP contribution in [0, 0.1) is 20.8 Å². The van der Waals surface area contributed by atoms with Crippen molar-refractivity contribution in [1.82, 2.24) is 0 Å². The highest BCUT2D eigenvalue weighted by atomic mass is 19.1. The zero-order valence-corrected chi connectivity index (χ0v) is 43.2. The molecule has 1 aliphatic heterocycles. The molecule has 0 bridgehead atoms. The third-order valence-electron chi connectivity index (χ3n) is 13.9. The number of rotatable bonds is 25. The highest BCUT2D eigenvalue weighted by molar-refractivity contribution is 6.24. The highest BCUT2D eigenvalue weighted by Gasteiger charge is 2.34. The Kier molecular flexibility index (Phi) is 25.4. The van der Waals surface area contributed by atoms with Crippen molar-refractivity contribution >= 4 is 11.6 Å². The predicted molar refractivity (Wildman–Crippen MR) is 271 cm³/mol. The lowest BCUT2D eigenvalue weighted by Gasteiger charge is -2.38. The van der Waals surface area contributed by atoms with Gasteiger partial charge in [-0.1, -0.05) is 58.7 Å². The molecule has 5 nitrogen and oxygen atoms in total. The minimum atomic E-state index is -0.917. The number of phenols is 1. The minimum absolute atomic E-state index is 0.0738. The number of carbonyl (C=O) groups excluding carboxylic acids is 2. The molecule has 2 aliphatic rings. The standard InChI is InChI=1S/C29H42F2O3.C29H42F2O2/c1-20(12-8-14-25(18-30)19-31)10-7-11-21(2)13-9-16-29(6,34)17-15-26-24(5)27(32)22(3)23(4)28(26)33;1-20(12-8-14-25(18-30)19-31)10-7-11-21(2)13-9-16-29(6)17-15-26-24(5)27(32)22(3)23(4)28(26)33-29/h10,13-14,34H,7-9,11-12,15-19H2,1-6H3;10,13-14,32H,7-9,11-12,15-19H2,1-6H3/b2*20-10+,21-13+/t2*29-/m11/s1. The molecule has 0 fully saturated rings. The summed E-state index contributed by atoms with van der Waals surface area (Å²) in [5, 5.41) is 21.2. The van der Waals surface area contributed by atoms with Gasteiger partial charge in [0, 0.05) is 27.9 Å². The Morgan fingerprint density at radius 1 is 0.612 bits per heavy atom. The number of alkyl halides is 4. The number of carbonyl (C=O) groups is 2. The third-order valence-corrected chi connectivity index (χ3v) is 13.9. The van der Waals surface area contributed by atoms with Crippen LogP contribution in [0.15, 0.2) is 92.2 Å². The Balaban J connectivity index is 0.000000460. The Morgan fingerprint density at radius 2 is 1.04 bits per heavy atom. The number of aliphatic hydroxyl groups is 1. The number of aromatic hydroxyl groups is 1. The van der Waals surface area contributed by atoms with Gasteiger partial charge in [0.25, 0.3) is 0 Å². The van der Waals surface area contributed by atoms with Crippen molar-refractivity contribution in [2.24, 2.45) is 0 Å². The maximum Gasteiger partial charge on any atom is 0.185 e. The summed E-state index contributed by atoms with van der Waals surface area (Å²) in [4.78, 5) is 24.9. The summed E-state index contributed by atoms with van der Waals surface area (Å²) >= 11 is 0. The lowest BCUT2D eigenvalue weighted by molar-refractivity contribution is -0.116. The number of fused-ring (bicyclic) bond motifs is 1. The molecule has 1 heterocycles. The van der Waals surface area contributed by atoms with Crippen LogP contribution in [0.2, 0.25) is 0 Å². The number of phenolic OH excluding ortho intramolecular Hbond substituents is 1. The fraction of sp³-hybridized carbons (Fsp3) is 0.586. The fourth-order valence-electron chi connectivity index (χ4n) is 8.50. The number of ketones is 2. The van der Waals surface area contributed by atoms with Gasteiger partial charge in [0.2, 0.25) is 0 Å². The van der Waals surface area contributed by atoms with E-state index in [4.69, 9.17) is 4.74 Å². The largest absolute Gasteiger partial charge is 0.507 e. The highest BCUT2D eigenvalue weighted by Crippen LogP contribution is 2.44. The molecule has 0 unspecified atom stereocenters. The Morgan fingerprint density at radius 3 is 1.52 bits per heavy atom. The predicted octanol–water partition coefficient (Wildman–Crippen LogP) is 15.9. The summed E-state index contributed by atoms with van der Waals surface area (Å²) in [6.45, 7) is 20.6. The number of ether oxygens (including phenoxy) is 1. The Bertz CT molecular complexity index is 2090. The molecule has 0 amide bonds. The van der Waals surface area contributed by atoms with E-state index in [9.17, 15) is 37.4 Å². The lowest BCUT2D eigenvalue weighted by atomic mass is 9.82. The maximum absolute atomic E-state index is 12.6. The van der Waals surface area contributed by atoms with E-state index in [0.717, 1.165) is 98.6 Å². The van der Waals surface area contributed by atoms with Crippen LogP contribution in [0.1, 0.15) is 181 Å². The molecule has 0 saturated heterocycles. The topological polar surface area (TPSA) is 83.8 Å². The molecule has 374 valence electrons. The van der Waals surface area contributed by atoms with E-state index >= 15 is 0 Å². The van der Waals surface area contributed by atoms with Crippen molar-refractivity contribution in [2.45, 2.75) is 197 Å². The van der Waals surface area contributed by atoms with Crippen LogP contribution in [0.5, 0.6) is 11.5 Å². The number of Topliss-reactive ketones (excluding diaryl/α,β-unsaturated/α-hetero) is 2. The first-order valence-corrected chi connectivity index (χ1v) is 24.5. The SMILES string of the molecule is C/C(=C\CC/C(C)=C/CC[C@]1(C)CCc2c(C)c(O)c(C)c(C)c2O1)CCC=C(CF)CF.CC1=C(C)C(=O)C(CC[C@](C)(O)CC/C=C(\C)CC/C=C(\C)CCC=C(CF)CF)=C(C)C1=O. The molecular weight excluding hydrogens is 853 g/mol. The van der Waals surface area contributed by atoms with Crippen LogP contribution >= 0.6 is 0 Å². The summed E-state index contributed by atoms with van der Waals surface area (Å²) in [6.07, 6.45) is 25.0. The van der Waals surface area contributed by atoms with Gasteiger partial charge in [0.05, 0.1) is 5.60 Å². The van der Waals surface area contributed by atoms with Gasteiger partial charge in [-0.3, -0.25) is 9.59 Å². The maximum atomic E-state index is 12.6. The molecule has 0 radical (unpaired) electrons. The van der Waals surface area contributed by atoms with Crippen LogP contribution in [-0.2, 0) is 16.0 Å². The molecular formula is C58H84F4O5. The van der Waals surface area contributed by atoms with Gasteiger partial charge in [0.1, 0.15) is 43.8 Å². The average Bonchev–Trinajstić information content (AvgIpc) is 3.29. The minimum Gasteiger partial charge on any atom is -0.507 e. The summed E-state index contributed by atoms with van der Waals surface area (Å²) in [5.41, 5.74) is 10.6. The normalized spacial score (nSPS) is 18.0. The number of allylic oxidation sites excluding steroid dienone is 16. The number of hydrogen-bond donors (Lipinski definition) is 2. The van der Waals surface area contributed by atoms with Crippen molar-refractivity contribution in [3.8, 4) is 11.5 Å². The monoisotopic (exact) mass is 937 g/mol. The second kappa shape index (κ2) is 28.9. The van der Waals surface area contributed by atoms with Gasteiger partial charge in [-0.25, -0.2) is 17.6 Å². The van der Waals surface area contributed by atoms with Crippen molar-refractivity contribution in [1.29, 1.82) is 0 Å². The molecule has 3 rings (SSSR count). The first-order valence-electron chi connectivity index (χ1n) is 24.5. The van der Waals surface area contributed by atoms with Gasteiger partial charge < -0.3 is 14.9 Å². The molecule has 0 aromatic heterocycles. The molecule has 2 atom stereocenters. The van der Waals surface area contributed by atoms with E-state index < -0.39 is 32.3 Å². The fourth-order valence-corrected chi connectivity index (χ4v) is 8.50. The number of hydrogen-bond acceptors (Lipinski definition) is 5. The third kappa shape index (κ3) is 19.4. The van der Waals surface area contributed by atoms with Gasteiger partial charge in [-0.2, -0.15) is 0 Å². The molecule has 1 aromatic rings. The van der Waals surface area contributed by atoms with E-state index in [1.165, 1.54) is 22.3 Å². The zero-order valence-electron chi connectivity index (χ0n) is 43.2. The van der Waals surface area contributed by atoms with E-state index in [1.807, 2.05) is 27.7 Å². The average molecular weight is 937 g/mol. The van der Waals surface area contributed by atoms with Gasteiger partial charge >= 0.3 is 0 Å². The first kappa shape index (κ1) is 58.9. The van der Waals surface area contributed by atoms with E-state index in [2.05, 4.69) is 52.0 Å². The molecule has 67 heavy (non-hydrogen) atoms. The first-order chi connectivity index (χ1) is 31.5. The number of halogens is 4. The van der Waals surface area contributed by atoms with Gasteiger partial charge in [-0.15, -0.1) is 0 Å². The molecule has 1 aliphatic carbocycles. The van der Waals surface area contributed by atoms with Crippen LogP contribution in [0.3, 0.4) is 0 Å². The smallest absolute Gasteiger partial charge is 0.185 e. The zero-order chi connectivity index (χ0) is 50.5. The summed E-state index contributed by atoms with van der Waals surface area (Å²) in [5.74, 6) is 1.22. The summed E-state index contributed by atoms with van der Waals surface area (Å²) in [7, 11) is 0. The molecule has 1 aromatic carbocycles. The van der Waals surface area contributed by atoms with Crippen molar-refractivity contribution in [2.75, 3.05) is 26.7 Å². The van der Waals surface area contributed by atoms with Crippen molar-refractivity contribution in [3.05, 3.63) is 114 Å². The Labute approximate surface area is 402 Å². The van der Waals surface area contributed by atoms with Crippen LogP contribution in [0.4, 0.5) is 17.6 Å². The Hall–Kier alpha value is -4.24. The second-order valence-corrected chi connectivity index (χ2v) is 19.8. The molecule has 2 N–H and O–H groups in total. The molecule has 0 spiro atoms.